The van der Waals surface area contributed by atoms with Gasteiger partial charge in [0.25, 0.3) is 11.6 Å². The maximum absolute atomic E-state index is 14.7. The Bertz CT molecular complexity index is 5010. The van der Waals surface area contributed by atoms with E-state index in [-0.39, 0.29) is 84.5 Å². The number of nitro benzene ring substituents is 1. The molecule has 0 radical (unpaired) electrons. The summed E-state index contributed by atoms with van der Waals surface area (Å²) >= 11 is 0. The summed E-state index contributed by atoms with van der Waals surface area (Å²) in [5.74, 6) is -1.37. The molecule has 28 heteroatoms. The number of ketones is 1. The number of non-ortho nitro benzene ring substituents is 1. The van der Waals surface area contributed by atoms with Crippen molar-refractivity contribution in [2.24, 2.45) is 5.92 Å². The van der Waals surface area contributed by atoms with Gasteiger partial charge in [-0.25, -0.2) is 26.1 Å². The molecule has 574 valence electrons. The molecule has 6 aromatic carbocycles. The number of unbranched alkanes of at least 4 members (excludes halogenated alkanes) is 2. The third kappa shape index (κ3) is 19.7. The first kappa shape index (κ1) is 80.7. The number of amides is 5. The monoisotopic (exact) mass is 1520 g/mol. The van der Waals surface area contributed by atoms with Crippen LogP contribution in [0.2, 0.25) is 0 Å². The summed E-state index contributed by atoms with van der Waals surface area (Å²) in [6.45, 7) is 17.7. The van der Waals surface area contributed by atoms with E-state index in [1.807, 2.05) is 30.3 Å². The Morgan fingerprint density at radius 3 is 2.01 bits per heavy atom. The van der Waals surface area contributed by atoms with Crippen molar-refractivity contribution in [1.29, 1.82) is 0 Å². The minimum atomic E-state index is -4.65. The third-order valence-electron chi connectivity index (χ3n) is 19.7. The molecule has 1 aliphatic carbocycles. The molecule has 7 aromatic rings. The molecule has 1 fully saturated rings. The zero-order valence-corrected chi connectivity index (χ0v) is 64.1. The summed E-state index contributed by atoms with van der Waals surface area (Å²) in [5.41, 5.74) is 6.35. The average Bonchev–Trinajstić information content (AvgIpc) is 0.895. The number of aliphatic hydroxyl groups excluding tert-OH is 1. The van der Waals surface area contributed by atoms with Crippen LogP contribution >= 0.6 is 0 Å². The van der Waals surface area contributed by atoms with Crippen molar-refractivity contribution < 1.29 is 60.0 Å². The zero-order chi connectivity index (χ0) is 78.1. The molecular weight excluding hydrogens is 1430 g/mol. The number of aromatic nitrogens is 3. The first-order valence-corrected chi connectivity index (χ1v) is 40.0. The minimum Gasteiger partial charge on any atom is -0.456 e. The molecule has 26 nitrogen and oxygen atoms in total. The second-order valence-electron chi connectivity index (χ2n) is 27.4. The quantitative estimate of drug-likeness (QED) is 0.00717. The first-order valence-electron chi connectivity index (χ1n) is 37.0. The SMILES string of the molecule is CCN(CC)c1ccc2c(-c3ccccc3C(=O)N3CCN(C(=O)CCC(=O)NCCCCCC(=O)N[C@@H](Cc4ccc(C(=O)c5ccccc5)cc4)C(=O)NCc4cn([C@@H](C)C(O)CN(CC(C)C)S(=O)(=O)c5ccccc5S(=O)(=O)c5ccc([N+](=O)[O-])cc5)nn4)CC3)c3ccc(=[N+](CC)CC)cc-3oc2c1. The summed E-state index contributed by atoms with van der Waals surface area (Å²) in [6.07, 6.45) is 1.58. The van der Waals surface area contributed by atoms with Gasteiger partial charge >= 0.3 is 0 Å². The molecule has 0 saturated carbocycles. The topological polar surface area (TPSA) is 330 Å². The van der Waals surface area contributed by atoms with Crippen molar-refractivity contribution in [3.8, 4) is 22.5 Å². The smallest absolute Gasteiger partial charge is 0.269 e. The number of carbonyl (C=O) groups is 6. The maximum Gasteiger partial charge on any atom is 0.269 e. The average molecular weight is 1520 g/mol. The van der Waals surface area contributed by atoms with Crippen LogP contribution < -0.4 is 30.8 Å². The summed E-state index contributed by atoms with van der Waals surface area (Å²) in [7, 11) is -9.18. The molecule has 4 N–H and O–H groups in total. The fraction of sp³-hybridized carbons (Fsp3) is 0.370. The van der Waals surface area contributed by atoms with Crippen LogP contribution in [0, 0.1) is 16.0 Å². The Hall–Kier alpha value is -10.8. The molecule has 3 atom stereocenters. The van der Waals surface area contributed by atoms with Crippen molar-refractivity contribution in [2.75, 3.05) is 76.9 Å². The third-order valence-corrected chi connectivity index (χ3v) is 23.5. The van der Waals surface area contributed by atoms with Crippen LogP contribution in [0.5, 0.6) is 0 Å². The van der Waals surface area contributed by atoms with Crippen molar-refractivity contribution in [3.63, 3.8) is 0 Å². The number of carbonyl (C=O) groups excluding carboxylic acids is 6. The molecular formula is C81H95N12O14S2+. The van der Waals surface area contributed by atoms with E-state index in [0.29, 0.717) is 85.6 Å². The van der Waals surface area contributed by atoms with Crippen LogP contribution in [-0.2, 0) is 52.0 Å². The summed E-state index contributed by atoms with van der Waals surface area (Å²) in [5, 5.41) is 41.8. The standard InChI is InChI=1S/C81H94N12O14S2/c1-8-87(9-2)62-35-39-67-71(49-62)107-72-50-63(88(10-3)11-4)36-40-68(72)78(67)65-24-17-18-25-66(65)81(100)90-46-44-89(45-47-90)77(97)42-41-75(95)82-43-21-13-16-28-76(96)84-69(48-57-29-31-59(32-30-57)79(98)58-22-14-12-15-23-58)80(99)83-51-60-53-92(86-85-60)56(7)70(94)54-91(52-55(5)6)109(105,106)74-27-20-19-26-73(74)108(103,104)64-37-33-61(34-38-64)93(101)102/h12,14-15,17-20,22-27,29-40,49-50,53,55-56,69-70,94H,8-11,13,16,21,28,41-48,51-52,54H2,1-7H3,(H2-,82,83,84,95,96,99)/p+1/t56-,69-,70?/m0/s1. The largest absolute Gasteiger partial charge is 0.456 e. The summed E-state index contributed by atoms with van der Waals surface area (Å²) in [4.78, 5) is 97.2. The van der Waals surface area contributed by atoms with Crippen LogP contribution in [-0.4, -0.2) is 175 Å². The van der Waals surface area contributed by atoms with Gasteiger partial charge in [-0.3, -0.25) is 38.9 Å². The minimum absolute atomic E-state index is 0.00843. The van der Waals surface area contributed by atoms with Crippen LogP contribution in [0.4, 0.5) is 11.4 Å². The van der Waals surface area contributed by atoms with Gasteiger partial charge < -0.3 is 40.2 Å². The normalized spacial score (nSPS) is 13.4. The lowest BCUT2D eigenvalue weighted by Crippen LogP contribution is -2.50. The van der Waals surface area contributed by atoms with E-state index in [1.54, 1.807) is 79.1 Å². The van der Waals surface area contributed by atoms with Crippen molar-refractivity contribution in [1.82, 2.24) is 49.6 Å². The number of rotatable bonds is 35. The Kier molecular flexibility index (Phi) is 27.3. The van der Waals surface area contributed by atoms with Crippen LogP contribution in [0.3, 0.4) is 0 Å². The highest BCUT2D eigenvalue weighted by Crippen LogP contribution is 2.43. The van der Waals surface area contributed by atoms with Crippen molar-refractivity contribution in [3.05, 3.63) is 213 Å². The molecule has 10 rings (SSSR count). The lowest BCUT2D eigenvalue weighted by Gasteiger charge is -2.35. The number of hydrogen-bond acceptors (Lipinski definition) is 17. The lowest BCUT2D eigenvalue weighted by atomic mass is 9.90. The van der Waals surface area contributed by atoms with Gasteiger partial charge in [0.05, 0.1) is 45.7 Å². The molecule has 0 spiro atoms. The molecule has 1 saturated heterocycles. The Morgan fingerprint density at radius 2 is 1.33 bits per heavy atom. The number of nitrogens with one attached hydrogen (secondary N) is 3. The van der Waals surface area contributed by atoms with Gasteiger partial charge in [-0.2, -0.15) is 4.31 Å². The number of fused-ring (bicyclic) bond motifs is 2. The zero-order valence-electron chi connectivity index (χ0n) is 62.5. The molecule has 1 aromatic heterocycles. The van der Waals surface area contributed by atoms with E-state index in [0.717, 1.165) is 100 Å². The van der Waals surface area contributed by atoms with Gasteiger partial charge in [0.2, 0.25) is 48.8 Å². The highest BCUT2D eigenvalue weighted by molar-refractivity contribution is 7.93. The van der Waals surface area contributed by atoms with Crippen LogP contribution in [0.1, 0.15) is 131 Å². The number of sulfonamides is 1. The predicted octanol–water partition coefficient (Wildman–Crippen LogP) is 9.48. The molecule has 109 heavy (non-hydrogen) atoms. The first-order chi connectivity index (χ1) is 52.3. The van der Waals surface area contributed by atoms with E-state index in [4.69, 9.17) is 4.42 Å². The number of anilines is 1. The fourth-order valence-corrected chi connectivity index (χ4v) is 17.2. The van der Waals surface area contributed by atoms with Gasteiger partial charge in [-0.15, -0.1) is 5.10 Å². The van der Waals surface area contributed by atoms with E-state index in [1.165, 1.54) is 23.0 Å². The van der Waals surface area contributed by atoms with Gasteiger partial charge in [0.1, 0.15) is 41.1 Å². The van der Waals surface area contributed by atoms with Crippen LogP contribution in [0.25, 0.3) is 33.4 Å². The van der Waals surface area contributed by atoms with Crippen molar-refractivity contribution >= 4 is 77.5 Å². The lowest BCUT2D eigenvalue weighted by molar-refractivity contribution is -0.384. The summed E-state index contributed by atoms with van der Waals surface area (Å²) < 4.78 is 68.2. The van der Waals surface area contributed by atoms with Crippen molar-refractivity contribution in [2.45, 2.75) is 133 Å². The van der Waals surface area contributed by atoms with E-state index < -0.39 is 71.1 Å². The molecule has 0 bridgehead atoms. The van der Waals surface area contributed by atoms with E-state index in [9.17, 15) is 60.8 Å². The highest BCUT2D eigenvalue weighted by atomic mass is 32.2. The Labute approximate surface area is 635 Å². The number of benzene rings is 7. The number of sulfone groups is 1. The molecule has 3 heterocycles. The number of hydrogen-bond donors (Lipinski definition) is 4. The second kappa shape index (κ2) is 36.9. The number of piperazine rings is 1. The van der Waals surface area contributed by atoms with Gasteiger partial charge in [-0.05, 0) is 113 Å². The second-order valence-corrected chi connectivity index (χ2v) is 31.2. The molecule has 5 amide bonds. The van der Waals surface area contributed by atoms with Gasteiger partial charge in [-0.1, -0.05) is 110 Å². The Morgan fingerprint density at radius 1 is 0.670 bits per heavy atom. The Balaban J connectivity index is 0.704. The van der Waals surface area contributed by atoms with E-state index >= 15 is 0 Å². The fourth-order valence-electron chi connectivity index (χ4n) is 13.5. The van der Waals surface area contributed by atoms with E-state index in [2.05, 4.69) is 99.8 Å². The number of nitro groups is 1. The van der Waals surface area contributed by atoms with Crippen LogP contribution in [0.15, 0.2) is 189 Å². The summed E-state index contributed by atoms with van der Waals surface area (Å²) in [6, 6.07) is 42.7. The molecule has 3 aliphatic rings. The number of aliphatic hydroxyl groups is 1. The predicted molar refractivity (Wildman–Crippen MR) is 415 cm³/mol. The van der Waals surface area contributed by atoms with Gasteiger partial charge in [0.15, 0.2) is 5.78 Å². The molecule has 2 aliphatic heterocycles. The molecule has 1 unspecified atom stereocenters. The number of nitrogens with zero attached hydrogens (tertiary/aromatic N) is 9. The van der Waals surface area contributed by atoms with Gasteiger partial charge in [0, 0.05) is 148 Å². The maximum atomic E-state index is 14.7. The highest BCUT2D eigenvalue weighted by Gasteiger charge is 2.36.